The molecule has 144 valence electrons. The van der Waals surface area contributed by atoms with Gasteiger partial charge in [-0.25, -0.2) is 0 Å². The Morgan fingerprint density at radius 2 is 1.89 bits per heavy atom. The number of rotatable bonds is 10. The number of hydrogen-bond acceptors (Lipinski definition) is 4. The molecule has 1 atom stereocenters. The van der Waals surface area contributed by atoms with Crippen molar-refractivity contribution in [2.75, 3.05) is 6.61 Å². The Morgan fingerprint density at radius 1 is 1.19 bits per heavy atom. The summed E-state index contributed by atoms with van der Waals surface area (Å²) < 4.78 is 1.94. The summed E-state index contributed by atoms with van der Waals surface area (Å²) in [7, 11) is 1.91. The van der Waals surface area contributed by atoms with E-state index in [0.717, 1.165) is 37.1 Å². The number of nitrogens with zero attached hydrogens (tertiary/aromatic N) is 2. The van der Waals surface area contributed by atoms with Crippen LogP contribution in [0.4, 0.5) is 0 Å². The van der Waals surface area contributed by atoms with Crippen LogP contribution in [0, 0.1) is 11.3 Å². The molecule has 0 saturated carbocycles. The van der Waals surface area contributed by atoms with Gasteiger partial charge in [-0.15, -0.1) is 0 Å². The van der Waals surface area contributed by atoms with Crippen LogP contribution in [-0.2, 0) is 19.9 Å². The lowest BCUT2D eigenvalue weighted by Crippen LogP contribution is -2.40. The van der Waals surface area contributed by atoms with E-state index in [0.29, 0.717) is 18.4 Å². The van der Waals surface area contributed by atoms with Crippen molar-refractivity contribution in [2.24, 2.45) is 12.8 Å². The molecule has 27 heavy (non-hydrogen) atoms. The van der Waals surface area contributed by atoms with Crippen LogP contribution < -0.4 is 5.73 Å². The molecule has 2 rings (SSSR count). The second-order valence-electron chi connectivity index (χ2n) is 7.52. The van der Waals surface area contributed by atoms with Gasteiger partial charge in [0.05, 0.1) is 23.9 Å². The number of carbonyl (C=O) groups excluding carboxylic acids is 1. The number of Topliss-reactive ketones (excluding diaryl/α,β-unsaturated/α-hetero) is 1. The minimum atomic E-state index is -0.597. The van der Waals surface area contributed by atoms with Crippen LogP contribution in [0.2, 0.25) is 0 Å². The second-order valence-corrected chi connectivity index (χ2v) is 7.52. The lowest BCUT2D eigenvalue weighted by molar-refractivity contribution is 0.0971. The van der Waals surface area contributed by atoms with Gasteiger partial charge in [-0.3, -0.25) is 4.79 Å². The summed E-state index contributed by atoms with van der Waals surface area (Å²) in [6.07, 6.45) is 4.61. The number of nitriles is 1. The van der Waals surface area contributed by atoms with Crippen molar-refractivity contribution in [3.05, 3.63) is 58.9 Å². The molecule has 2 aromatic rings. The van der Waals surface area contributed by atoms with Crippen LogP contribution in [0.25, 0.3) is 0 Å². The van der Waals surface area contributed by atoms with E-state index >= 15 is 0 Å². The molecule has 0 spiro atoms. The maximum absolute atomic E-state index is 12.5. The zero-order valence-corrected chi connectivity index (χ0v) is 16.2. The Bertz CT molecular complexity index is 798. The second kappa shape index (κ2) is 9.50. The monoisotopic (exact) mass is 367 g/mol. The van der Waals surface area contributed by atoms with E-state index in [1.54, 1.807) is 0 Å². The third-order valence-electron chi connectivity index (χ3n) is 5.03. The third kappa shape index (κ3) is 6.06. The van der Waals surface area contributed by atoms with Crippen molar-refractivity contribution in [3.8, 4) is 6.07 Å². The number of aromatic nitrogens is 1. The number of aryl methyl sites for hydroxylation is 2. The average molecular weight is 367 g/mol. The smallest absolute Gasteiger partial charge is 0.179 e. The molecule has 1 unspecified atom stereocenters. The first-order chi connectivity index (χ1) is 12.9. The number of aliphatic hydroxyl groups excluding tert-OH is 1. The van der Waals surface area contributed by atoms with E-state index in [9.17, 15) is 9.90 Å². The zero-order chi connectivity index (χ0) is 19.9. The van der Waals surface area contributed by atoms with E-state index < -0.39 is 5.54 Å². The van der Waals surface area contributed by atoms with Crippen molar-refractivity contribution in [3.63, 3.8) is 0 Å². The van der Waals surface area contributed by atoms with E-state index in [1.807, 2.05) is 54.9 Å². The predicted molar refractivity (Wildman–Crippen MR) is 106 cm³/mol. The van der Waals surface area contributed by atoms with E-state index in [2.05, 4.69) is 6.07 Å². The van der Waals surface area contributed by atoms with Crippen LogP contribution in [0.15, 0.2) is 36.4 Å². The summed E-state index contributed by atoms with van der Waals surface area (Å²) >= 11 is 0. The lowest BCUT2D eigenvalue weighted by atomic mass is 9.97. The van der Waals surface area contributed by atoms with Crippen molar-refractivity contribution in [1.82, 2.24) is 4.57 Å². The summed E-state index contributed by atoms with van der Waals surface area (Å²) in [4.78, 5) is 12.5. The Kier molecular flexibility index (Phi) is 7.35. The number of benzene rings is 1. The molecule has 0 saturated heterocycles. The largest absolute Gasteiger partial charge is 0.394 e. The van der Waals surface area contributed by atoms with Crippen molar-refractivity contribution >= 4 is 5.78 Å². The highest BCUT2D eigenvalue weighted by Gasteiger charge is 2.19. The van der Waals surface area contributed by atoms with Gasteiger partial charge in [0.2, 0.25) is 0 Å². The Hall–Kier alpha value is -2.42. The van der Waals surface area contributed by atoms with Gasteiger partial charge in [-0.05, 0) is 68.9 Å². The van der Waals surface area contributed by atoms with E-state index in [4.69, 9.17) is 11.0 Å². The first-order valence-electron chi connectivity index (χ1n) is 9.43. The van der Waals surface area contributed by atoms with Crippen molar-refractivity contribution in [1.29, 1.82) is 5.26 Å². The molecule has 0 aliphatic rings. The van der Waals surface area contributed by atoms with E-state index in [-0.39, 0.29) is 12.4 Å². The van der Waals surface area contributed by atoms with Gasteiger partial charge < -0.3 is 15.4 Å². The van der Waals surface area contributed by atoms with Gasteiger partial charge in [-0.2, -0.15) is 5.26 Å². The molecular weight excluding hydrogens is 338 g/mol. The Morgan fingerprint density at radius 3 is 2.52 bits per heavy atom. The highest BCUT2D eigenvalue weighted by molar-refractivity contribution is 5.94. The lowest BCUT2D eigenvalue weighted by Gasteiger charge is -2.21. The maximum Gasteiger partial charge on any atom is 0.179 e. The van der Waals surface area contributed by atoms with Gasteiger partial charge >= 0.3 is 0 Å². The van der Waals surface area contributed by atoms with Crippen LogP contribution >= 0.6 is 0 Å². The fourth-order valence-corrected chi connectivity index (χ4v) is 3.07. The highest BCUT2D eigenvalue weighted by atomic mass is 16.3. The SMILES string of the molecule is Cn1c(CCC(C)(N)CO)ccc1C(=O)CCCCc1ccc(C#N)cc1. The minimum absolute atomic E-state index is 0.0531. The molecule has 1 aromatic heterocycles. The quantitative estimate of drug-likeness (QED) is 0.498. The first-order valence-corrected chi connectivity index (χ1v) is 9.43. The van der Waals surface area contributed by atoms with Gasteiger partial charge in [0, 0.05) is 24.7 Å². The standard InChI is InChI=1S/C22H29N3O2/c1-22(24,16-26)14-13-19-11-12-20(25(19)2)21(27)6-4-3-5-17-7-9-18(15-23)10-8-17/h7-12,26H,3-6,13-14,16,24H2,1-2H3. The normalized spacial score (nSPS) is 13.1. The number of hydrogen-bond donors (Lipinski definition) is 2. The molecule has 5 nitrogen and oxygen atoms in total. The van der Waals surface area contributed by atoms with Gasteiger partial charge in [0.15, 0.2) is 5.78 Å². The fourth-order valence-electron chi connectivity index (χ4n) is 3.07. The number of aliphatic hydroxyl groups is 1. The molecule has 1 heterocycles. The van der Waals surface area contributed by atoms with Crippen LogP contribution in [0.5, 0.6) is 0 Å². The Balaban J connectivity index is 1.81. The summed E-state index contributed by atoms with van der Waals surface area (Å²) in [5.41, 5.74) is 9.03. The summed E-state index contributed by atoms with van der Waals surface area (Å²) in [6.45, 7) is 1.78. The van der Waals surface area contributed by atoms with Gasteiger partial charge in [0.25, 0.3) is 0 Å². The molecule has 0 bridgehead atoms. The first kappa shape index (κ1) is 20.9. The number of unbranched alkanes of at least 4 members (excludes halogenated alkanes) is 1. The highest BCUT2D eigenvalue weighted by Crippen LogP contribution is 2.17. The zero-order valence-electron chi connectivity index (χ0n) is 16.2. The summed E-state index contributed by atoms with van der Waals surface area (Å²) in [5.74, 6) is 0.154. The number of ketones is 1. The molecule has 0 aliphatic heterocycles. The molecule has 0 amide bonds. The van der Waals surface area contributed by atoms with Crippen molar-refractivity contribution in [2.45, 2.75) is 51.0 Å². The third-order valence-corrected chi connectivity index (χ3v) is 5.03. The van der Waals surface area contributed by atoms with Crippen LogP contribution in [0.1, 0.15) is 59.9 Å². The van der Waals surface area contributed by atoms with Gasteiger partial charge in [0.1, 0.15) is 0 Å². The minimum Gasteiger partial charge on any atom is -0.394 e. The molecule has 0 radical (unpaired) electrons. The molecule has 3 N–H and O–H groups in total. The topological polar surface area (TPSA) is 92.0 Å². The molecule has 5 heteroatoms. The molecule has 1 aromatic carbocycles. The average Bonchev–Trinajstić information content (AvgIpc) is 3.04. The van der Waals surface area contributed by atoms with Crippen LogP contribution in [-0.4, -0.2) is 27.6 Å². The number of carbonyl (C=O) groups is 1. The fraction of sp³-hybridized carbons (Fsp3) is 0.455. The molecule has 0 aliphatic carbocycles. The van der Waals surface area contributed by atoms with E-state index in [1.165, 1.54) is 5.56 Å². The maximum atomic E-state index is 12.5. The van der Waals surface area contributed by atoms with Gasteiger partial charge in [-0.1, -0.05) is 12.1 Å². The van der Waals surface area contributed by atoms with Crippen molar-refractivity contribution < 1.29 is 9.90 Å². The molecular formula is C22H29N3O2. The number of nitrogens with two attached hydrogens (primary N) is 1. The van der Waals surface area contributed by atoms with Crippen LogP contribution in [0.3, 0.4) is 0 Å². The predicted octanol–water partition coefficient (Wildman–Crippen LogP) is 3.13. The Labute approximate surface area is 161 Å². The molecule has 0 fully saturated rings. The summed E-state index contributed by atoms with van der Waals surface area (Å²) in [5, 5.41) is 18.1. The summed E-state index contributed by atoms with van der Waals surface area (Å²) in [6, 6.07) is 13.6.